The standard InChI is InChI=1S/C13H22ClN3/c1-4-10-13(14)12(17(3)16-10)8-9-6-5-7-11(9)15-2/h9,11,15H,4-8H2,1-3H3. The van der Waals surface area contributed by atoms with Crippen molar-refractivity contribution in [1.82, 2.24) is 15.1 Å². The molecule has 3 nitrogen and oxygen atoms in total. The van der Waals surface area contributed by atoms with Crippen LogP contribution >= 0.6 is 11.6 Å². The third-order valence-corrected chi connectivity index (χ3v) is 4.42. The Bertz CT molecular complexity index is 386. The van der Waals surface area contributed by atoms with Crippen LogP contribution in [-0.2, 0) is 19.9 Å². The number of nitrogens with zero attached hydrogens (tertiary/aromatic N) is 2. The summed E-state index contributed by atoms with van der Waals surface area (Å²) in [5.41, 5.74) is 2.24. The number of hydrogen-bond donors (Lipinski definition) is 1. The van der Waals surface area contributed by atoms with Crippen LogP contribution < -0.4 is 5.32 Å². The Labute approximate surface area is 109 Å². The van der Waals surface area contributed by atoms with Crippen LogP contribution in [0.3, 0.4) is 0 Å². The Morgan fingerprint density at radius 2 is 2.24 bits per heavy atom. The molecule has 96 valence electrons. The molecular formula is C13H22ClN3. The monoisotopic (exact) mass is 255 g/mol. The minimum atomic E-state index is 0.644. The van der Waals surface area contributed by atoms with Crippen molar-refractivity contribution in [3.63, 3.8) is 0 Å². The quantitative estimate of drug-likeness (QED) is 0.896. The Hall–Kier alpha value is -0.540. The third kappa shape index (κ3) is 2.50. The van der Waals surface area contributed by atoms with Gasteiger partial charge in [-0.3, -0.25) is 4.68 Å². The van der Waals surface area contributed by atoms with Crippen molar-refractivity contribution < 1.29 is 0 Å². The second kappa shape index (κ2) is 5.40. The number of nitrogens with one attached hydrogen (secondary N) is 1. The van der Waals surface area contributed by atoms with Gasteiger partial charge in [-0.25, -0.2) is 0 Å². The summed E-state index contributed by atoms with van der Waals surface area (Å²) >= 11 is 6.40. The van der Waals surface area contributed by atoms with Crippen LogP contribution in [0.15, 0.2) is 0 Å². The molecule has 1 heterocycles. The predicted molar refractivity (Wildman–Crippen MR) is 71.5 cm³/mol. The third-order valence-electron chi connectivity index (χ3n) is 3.99. The van der Waals surface area contributed by atoms with E-state index in [-0.39, 0.29) is 0 Å². The molecule has 0 aliphatic heterocycles. The van der Waals surface area contributed by atoms with Gasteiger partial charge in [0.25, 0.3) is 0 Å². The lowest BCUT2D eigenvalue weighted by molar-refractivity contribution is 0.414. The summed E-state index contributed by atoms with van der Waals surface area (Å²) in [7, 11) is 4.06. The number of halogens is 1. The molecule has 0 amide bonds. The fourth-order valence-electron chi connectivity index (χ4n) is 2.95. The summed E-state index contributed by atoms with van der Waals surface area (Å²) in [6, 6.07) is 0.644. The molecule has 2 atom stereocenters. The van der Waals surface area contributed by atoms with Crippen molar-refractivity contribution in [2.75, 3.05) is 7.05 Å². The first kappa shape index (κ1) is 12.9. The van der Waals surface area contributed by atoms with Gasteiger partial charge in [0.05, 0.1) is 16.4 Å². The highest BCUT2D eigenvalue weighted by molar-refractivity contribution is 6.31. The molecule has 1 aliphatic rings. The van der Waals surface area contributed by atoms with E-state index in [1.807, 2.05) is 11.7 Å². The van der Waals surface area contributed by atoms with E-state index >= 15 is 0 Å². The van der Waals surface area contributed by atoms with Gasteiger partial charge < -0.3 is 5.32 Å². The van der Waals surface area contributed by atoms with Gasteiger partial charge in [0, 0.05) is 13.1 Å². The molecule has 17 heavy (non-hydrogen) atoms. The molecule has 1 fully saturated rings. The lowest BCUT2D eigenvalue weighted by atomic mass is 9.97. The van der Waals surface area contributed by atoms with Crippen LogP contribution in [0.2, 0.25) is 5.02 Å². The molecule has 1 aliphatic carbocycles. The summed E-state index contributed by atoms with van der Waals surface area (Å²) in [6.07, 6.45) is 5.87. The number of hydrogen-bond acceptors (Lipinski definition) is 2. The Balaban J connectivity index is 2.15. The van der Waals surface area contributed by atoms with Crippen LogP contribution in [0.25, 0.3) is 0 Å². The van der Waals surface area contributed by atoms with Gasteiger partial charge in [0.15, 0.2) is 0 Å². The van der Waals surface area contributed by atoms with E-state index in [9.17, 15) is 0 Å². The maximum absolute atomic E-state index is 6.40. The van der Waals surface area contributed by atoms with Gasteiger partial charge in [-0.15, -0.1) is 0 Å². The molecule has 1 aromatic heterocycles. The van der Waals surface area contributed by atoms with Gasteiger partial charge in [0.1, 0.15) is 0 Å². The molecule has 0 radical (unpaired) electrons. The van der Waals surface area contributed by atoms with Crippen molar-refractivity contribution in [2.45, 2.75) is 45.1 Å². The first-order valence-electron chi connectivity index (χ1n) is 6.54. The second-order valence-corrected chi connectivity index (χ2v) is 5.35. The fourth-order valence-corrected chi connectivity index (χ4v) is 3.32. The van der Waals surface area contributed by atoms with Crippen molar-refractivity contribution >= 4 is 11.6 Å². The van der Waals surface area contributed by atoms with Gasteiger partial charge in [-0.1, -0.05) is 24.9 Å². The molecule has 0 saturated heterocycles. The largest absolute Gasteiger partial charge is 0.317 e. The molecule has 0 aromatic carbocycles. The lowest BCUT2D eigenvalue weighted by Gasteiger charge is -2.19. The maximum atomic E-state index is 6.40. The normalized spacial score (nSPS) is 24.5. The Morgan fingerprint density at radius 1 is 1.47 bits per heavy atom. The highest BCUT2D eigenvalue weighted by atomic mass is 35.5. The molecule has 0 bridgehead atoms. The van der Waals surface area contributed by atoms with Gasteiger partial charge in [0.2, 0.25) is 0 Å². The van der Waals surface area contributed by atoms with Crippen LogP contribution in [0.4, 0.5) is 0 Å². The first-order chi connectivity index (χ1) is 8.17. The summed E-state index contributed by atoms with van der Waals surface area (Å²) in [5.74, 6) is 0.706. The topological polar surface area (TPSA) is 29.9 Å². The number of aromatic nitrogens is 2. The van der Waals surface area contributed by atoms with Gasteiger partial charge in [-0.2, -0.15) is 5.10 Å². The predicted octanol–water partition coefficient (Wildman–Crippen LogP) is 2.57. The zero-order valence-electron chi connectivity index (χ0n) is 11.0. The van der Waals surface area contributed by atoms with E-state index in [2.05, 4.69) is 24.4 Å². The zero-order chi connectivity index (χ0) is 12.4. The van der Waals surface area contributed by atoms with Crippen LogP contribution in [0, 0.1) is 5.92 Å². The van der Waals surface area contributed by atoms with Crippen molar-refractivity contribution in [3.05, 3.63) is 16.4 Å². The minimum Gasteiger partial charge on any atom is -0.317 e. The van der Waals surface area contributed by atoms with Gasteiger partial charge >= 0.3 is 0 Å². The highest BCUT2D eigenvalue weighted by Crippen LogP contribution is 2.31. The summed E-state index contributed by atoms with van der Waals surface area (Å²) in [5, 5.41) is 8.79. The minimum absolute atomic E-state index is 0.644. The maximum Gasteiger partial charge on any atom is 0.0849 e. The van der Waals surface area contributed by atoms with Crippen LogP contribution in [0.1, 0.15) is 37.6 Å². The number of aryl methyl sites for hydroxylation is 2. The van der Waals surface area contributed by atoms with E-state index < -0.39 is 0 Å². The molecule has 1 saturated carbocycles. The van der Waals surface area contributed by atoms with E-state index in [1.54, 1.807) is 0 Å². The molecule has 1 aromatic rings. The smallest absolute Gasteiger partial charge is 0.0849 e. The van der Waals surface area contributed by atoms with E-state index in [1.165, 1.54) is 25.0 Å². The average molecular weight is 256 g/mol. The lowest BCUT2D eigenvalue weighted by Crippen LogP contribution is -2.30. The van der Waals surface area contributed by atoms with E-state index in [0.717, 1.165) is 23.6 Å². The van der Waals surface area contributed by atoms with Crippen LogP contribution in [-0.4, -0.2) is 22.9 Å². The Morgan fingerprint density at radius 3 is 2.82 bits per heavy atom. The first-order valence-corrected chi connectivity index (χ1v) is 6.92. The summed E-state index contributed by atoms with van der Waals surface area (Å²) in [6.45, 7) is 2.10. The average Bonchev–Trinajstić information content (AvgIpc) is 2.88. The highest BCUT2D eigenvalue weighted by Gasteiger charge is 2.28. The van der Waals surface area contributed by atoms with Crippen molar-refractivity contribution in [3.8, 4) is 0 Å². The molecule has 1 N–H and O–H groups in total. The SMILES string of the molecule is CCc1nn(C)c(CC2CCCC2NC)c1Cl. The molecular weight excluding hydrogens is 234 g/mol. The van der Waals surface area contributed by atoms with E-state index in [0.29, 0.717) is 12.0 Å². The van der Waals surface area contributed by atoms with Gasteiger partial charge in [-0.05, 0) is 38.6 Å². The van der Waals surface area contributed by atoms with Crippen molar-refractivity contribution in [1.29, 1.82) is 0 Å². The fraction of sp³-hybridized carbons (Fsp3) is 0.769. The summed E-state index contributed by atoms with van der Waals surface area (Å²) in [4.78, 5) is 0. The molecule has 0 spiro atoms. The molecule has 4 heteroatoms. The van der Waals surface area contributed by atoms with Crippen LogP contribution in [0.5, 0.6) is 0 Å². The number of rotatable bonds is 4. The Kier molecular flexibility index (Phi) is 4.10. The zero-order valence-corrected chi connectivity index (χ0v) is 11.7. The summed E-state index contributed by atoms with van der Waals surface area (Å²) < 4.78 is 1.96. The second-order valence-electron chi connectivity index (χ2n) is 4.97. The molecule has 2 rings (SSSR count). The van der Waals surface area contributed by atoms with Crippen molar-refractivity contribution in [2.24, 2.45) is 13.0 Å². The van der Waals surface area contributed by atoms with E-state index in [4.69, 9.17) is 11.6 Å². The molecule has 2 unspecified atom stereocenters.